The van der Waals surface area contributed by atoms with Gasteiger partial charge < -0.3 is 15.2 Å². The van der Waals surface area contributed by atoms with E-state index in [0.717, 1.165) is 0 Å². The number of benzene rings is 2. The van der Waals surface area contributed by atoms with Crippen LogP contribution in [0, 0.1) is 0 Å². The molecule has 3 N–H and O–H groups in total. The molecule has 0 saturated heterocycles. The Hall–Kier alpha value is -3.57. The molecule has 1 atom stereocenters. The summed E-state index contributed by atoms with van der Waals surface area (Å²) in [5.41, 5.74) is 0.653. The van der Waals surface area contributed by atoms with Gasteiger partial charge >= 0.3 is 0 Å². The minimum atomic E-state index is -4.00. The van der Waals surface area contributed by atoms with Gasteiger partial charge in [-0.15, -0.1) is 0 Å². The summed E-state index contributed by atoms with van der Waals surface area (Å²) in [6.07, 6.45) is 0. The zero-order valence-electron chi connectivity index (χ0n) is 19.3. The van der Waals surface area contributed by atoms with Crippen molar-refractivity contribution < 1.29 is 18.0 Å². The van der Waals surface area contributed by atoms with Crippen molar-refractivity contribution in [2.45, 2.75) is 51.2 Å². The van der Waals surface area contributed by atoms with Crippen molar-refractivity contribution >= 4 is 38.4 Å². The number of aromatic amines is 1. The number of amides is 2. The van der Waals surface area contributed by atoms with Crippen molar-refractivity contribution in [1.29, 1.82) is 0 Å². The SMILES string of the molecule is CC(=O)Nc1ccc(S(=O)(=O)N[C@@H](C)C(=O)N(Cc2nc3ccccc3c(=O)[nH]2)C(C)C)cc1. The molecule has 1 aromatic heterocycles. The maximum Gasteiger partial charge on any atom is 0.258 e. The molecular weight excluding hydrogens is 458 g/mol. The van der Waals surface area contributed by atoms with Gasteiger partial charge in [-0.3, -0.25) is 14.4 Å². The number of rotatable bonds is 8. The Labute approximate surface area is 197 Å². The number of sulfonamides is 1. The van der Waals surface area contributed by atoms with Gasteiger partial charge in [0.1, 0.15) is 5.82 Å². The topological polar surface area (TPSA) is 141 Å². The number of fused-ring (bicyclic) bond motifs is 1. The number of hydrogen-bond donors (Lipinski definition) is 3. The van der Waals surface area contributed by atoms with Crippen molar-refractivity contribution in [3.63, 3.8) is 0 Å². The molecule has 11 heteroatoms. The lowest BCUT2D eigenvalue weighted by atomic mass is 10.2. The molecule has 0 aliphatic carbocycles. The van der Waals surface area contributed by atoms with E-state index in [9.17, 15) is 22.8 Å². The second-order valence-electron chi connectivity index (χ2n) is 8.14. The van der Waals surface area contributed by atoms with Crippen molar-refractivity contribution in [3.8, 4) is 0 Å². The van der Waals surface area contributed by atoms with E-state index in [-0.39, 0.29) is 28.9 Å². The van der Waals surface area contributed by atoms with Gasteiger partial charge in [-0.25, -0.2) is 13.4 Å². The average molecular weight is 486 g/mol. The van der Waals surface area contributed by atoms with E-state index in [2.05, 4.69) is 20.0 Å². The molecular formula is C23H27N5O5S. The van der Waals surface area contributed by atoms with E-state index in [1.807, 2.05) is 0 Å². The lowest BCUT2D eigenvalue weighted by molar-refractivity contribution is -0.135. The van der Waals surface area contributed by atoms with Crippen molar-refractivity contribution in [3.05, 3.63) is 64.7 Å². The van der Waals surface area contributed by atoms with Crippen molar-refractivity contribution in [1.82, 2.24) is 19.6 Å². The highest BCUT2D eigenvalue weighted by Crippen LogP contribution is 2.16. The van der Waals surface area contributed by atoms with Crippen LogP contribution in [-0.4, -0.2) is 47.2 Å². The first kappa shape index (κ1) is 25.1. The number of hydrogen-bond acceptors (Lipinski definition) is 6. The molecule has 10 nitrogen and oxygen atoms in total. The van der Waals surface area contributed by atoms with E-state index < -0.39 is 22.0 Å². The van der Waals surface area contributed by atoms with E-state index >= 15 is 0 Å². The molecule has 0 saturated carbocycles. The number of carbonyl (C=O) groups is 2. The first-order valence-corrected chi connectivity index (χ1v) is 12.1. The smallest absolute Gasteiger partial charge is 0.258 e. The highest BCUT2D eigenvalue weighted by Gasteiger charge is 2.28. The number of aromatic nitrogens is 2. The predicted molar refractivity (Wildman–Crippen MR) is 129 cm³/mol. The molecule has 0 unspecified atom stereocenters. The largest absolute Gasteiger partial charge is 0.331 e. The normalized spacial score (nSPS) is 12.5. The number of para-hydroxylation sites is 1. The van der Waals surface area contributed by atoms with E-state index in [4.69, 9.17) is 0 Å². The van der Waals surface area contributed by atoms with Crippen LogP contribution >= 0.6 is 0 Å². The van der Waals surface area contributed by atoms with Crippen molar-refractivity contribution in [2.75, 3.05) is 5.32 Å². The third-order valence-electron chi connectivity index (χ3n) is 5.08. The zero-order chi connectivity index (χ0) is 25.0. The maximum absolute atomic E-state index is 13.2. The highest BCUT2D eigenvalue weighted by atomic mass is 32.2. The third-order valence-corrected chi connectivity index (χ3v) is 6.63. The summed E-state index contributed by atoms with van der Waals surface area (Å²) in [6.45, 7) is 6.40. The molecule has 0 fully saturated rings. The first-order chi connectivity index (χ1) is 16.0. The van der Waals surface area contributed by atoms with Crippen LogP contribution in [-0.2, 0) is 26.2 Å². The van der Waals surface area contributed by atoms with Gasteiger partial charge in [-0.05, 0) is 57.2 Å². The fourth-order valence-corrected chi connectivity index (χ4v) is 4.60. The Morgan fingerprint density at radius 1 is 1.06 bits per heavy atom. The van der Waals surface area contributed by atoms with Gasteiger partial charge in [-0.1, -0.05) is 12.1 Å². The van der Waals surface area contributed by atoms with Gasteiger partial charge in [0, 0.05) is 18.7 Å². The van der Waals surface area contributed by atoms with Crippen LogP contribution in [0.15, 0.2) is 58.2 Å². The Morgan fingerprint density at radius 3 is 2.32 bits per heavy atom. The van der Waals surface area contributed by atoms with E-state index in [0.29, 0.717) is 22.4 Å². The molecule has 34 heavy (non-hydrogen) atoms. The van der Waals surface area contributed by atoms with E-state index in [1.54, 1.807) is 38.1 Å². The molecule has 3 aromatic rings. The number of carbonyl (C=O) groups excluding carboxylic acids is 2. The summed E-state index contributed by atoms with van der Waals surface area (Å²) >= 11 is 0. The van der Waals surface area contributed by atoms with Crippen LogP contribution in [0.25, 0.3) is 10.9 Å². The van der Waals surface area contributed by atoms with Crippen LogP contribution in [0.5, 0.6) is 0 Å². The van der Waals surface area contributed by atoms with Crippen LogP contribution in [0.4, 0.5) is 5.69 Å². The third kappa shape index (κ3) is 5.86. The fraction of sp³-hybridized carbons (Fsp3) is 0.304. The predicted octanol–water partition coefficient (Wildman–Crippen LogP) is 1.99. The lowest BCUT2D eigenvalue weighted by Crippen LogP contribution is -2.49. The lowest BCUT2D eigenvalue weighted by Gasteiger charge is -2.29. The summed E-state index contributed by atoms with van der Waals surface area (Å²) in [5, 5.41) is 3.01. The second-order valence-corrected chi connectivity index (χ2v) is 9.85. The quantitative estimate of drug-likeness (QED) is 0.446. The highest BCUT2D eigenvalue weighted by molar-refractivity contribution is 7.89. The van der Waals surface area contributed by atoms with Gasteiger partial charge in [0.2, 0.25) is 21.8 Å². The zero-order valence-corrected chi connectivity index (χ0v) is 20.1. The average Bonchev–Trinajstić information content (AvgIpc) is 2.76. The van der Waals surface area contributed by atoms with Crippen LogP contribution in [0.3, 0.4) is 0 Å². The number of anilines is 1. The summed E-state index contributed by atoms with van der Waals surface area (Å²) in [6, 6.07) is 11.1. The maximum atomic E-state index is 13.2. The Balaban J connectivity index is 1.77. The van der Waals surface area contributed by atoms with Crippen molar-refractivity contribution in [2.24, 2.45) is 0 Å². The summed E-state index contributed by atoms with van der Waals surface area (Å²) in [7, 11) is -4.00. The minimum absolute atomic E-state index is 0.00799. The van der Waals surface area contributed by atoms with Gasteiger partial charge in [0.05, 0.1) is 28.4 Å². The first-order valence-electron chi connectivity index (χ1n) is 10.7. The molecule has 1 heterocycles. The van der Waals surface area contributed by atoms with Crippen LogP contribution < -0.4 is 15.6 Å². The van der Waals surface area contributed by atoms with E-state index in [1.165, 1.54) is 43.0 Å². The fourth-order valence-electron chi connectivity index (χ4n) is 3.41. The Kier molecular flexibility index (Phi) is 7.48. The van der Waals surface area contributed by atoms with Gasteiger partial charge in [-0.2, -0.15) is 4.72 Å². The molecule has 3 rings (SSSR count). The molecule has 0 aliphatic heterocycles. The Morgan fingerprint density at radius 2 is 1.71 bits per heavy atom. The molecule has 2 aromatic carbocycles. The number of nitrogens with zero attached hydrogens (tertiary/aromatic N) is 2. The Bertz CT molecular complexity index is 1370. The van der Waals surface area contributed by atoms with Gasteiger partial charge in [0.15, 0.2) is 0 Å². The number of nitrogens with one attached hydrogen (secondary N) is 3. The molecule has 0 radical (unpaired) electrons. The molecule has 0 aliphatic rings. The van der Waals surface area contributed by atoms with Crippen LogP contribution in [0.1, 0.15) is 33.5 Å². The molecule has 2 amide bonds. The minimum Gasteiger partial charge on any atom is -0.331 e. The number of H-pyrrole nitrogens is 1. The van der Waals surface area contributed by atoms with Gasteiger partial charge in [0.25, 0.3) is 5.56 Å². The standard InChI is InChI=1S/C23H27N5O5S/c1-14(2)28(13-21-25-20-8-6-5-7-19(20)22(30)26-21)23(31)15(3)27-34(32,33)18-11-9-17(10-12-18)24-16(4)29/h5-12,14-15,27H,13H2,1-4H3,(H,24,29)(H,25,26,30)/t15-/m0/s1. The molecule has 0 spiro atoms. The summed E-state index contributed by atoms with van der Waals surface area (Å²) in [5.74, 6) is -0.442. The molecule has 0 bridgehead atoms. The molecule has 180 valence electrons. The summed E-state index contributed by atoms with van der Waals surface area (Å²) < 4.78 is 28.0. The summed E-state index contributed by atoms with van der Waals surface area (Å²) in [4.78, 5) is 45.2. The van der Waals surface area contributed by atoms with Crippen LogP contribution in [0.2, 0.25) is 0 Å². The monoisotopic (exact) mass is 485 g/mol. The second kappa shape index (κ2) is 10.1.